The molecule has 4 aromatic rings. The summed E-state index contributed by atoms with van der Waals surface area (Å²) in [7, 11) is 6.01. The summed E-state index contributed by atoms with van der Waals surface area (Å²) in [4.78, 5) is 5.69. The fraction of sp³-hybridized carbons (Fsp3) is 0.217. The van der Waals surface area contributed by atoms with E-state index in [-0.39, 0.29) is 0 Å². The van der Waals surface area contributed by atoms with Crippen molar-refractivity contribution < 1.29 is 4.74 Å². The van der Waals surface area contributed by atoms with Gasteiger partial charge in [-0.2, -0.15) is 0 Å². The van der Waals surface area contributed by atoms with Crippen molar-refractivity contribution in [3.63, 3.8) is 0 Å². The Morgan fingerprint density at radius 1 is 0.962 bits per heavy atom. The minimum Gasteiger partial charge on any atom is -0.497 e. The van der Waals surface area contributed by atoms with Gasteiger partial charge in [0.05, 0.1) is 7.11 Å². The summed E-state index contributed by atoms with van der Waals surface area (Å²) in [6.45, 7) is 0. The van der Waals surface area contributed by atoms with Crippen LogP contribution in [0.2, 0.25) is 0 Å². The van der Waals surface area contributed by atoms with Crippen molar-refractivity contribution in [1.82, 2.24) is 9.88 Å². The van der Waals surface area contributed by atoms with Crippen LogP contribution in [0.15, 0.2) is 66.9 Å². The van der Waals surface area contributed by atoms with Crippen molar-refractivity contribution in [2.75, 3.05) is 21.2 Å². The number of benzene rings is 3. The molecule has 4 rings (SSSR count). The average Bonchev–Trinajstić information content (AvgIpc) is 3.07. The molecular formula is C23H24N2O. The Labute approximate surface area is 154 Å². The third-order valence-electron chi connectivity index (χ3n) is 5.17. The highest BCUT2D eigenvalue weighted by Gasteiger charge is 2.17. The van der Waals surface area contributed by atoms with Crippen LogP contribution in [0.4, 0.5) is 0 Å². The van der Waals surface area contributed by atoms with Crippen LogP contribution in [-0.4, -0.2) is 31.1 Å². The molecule has 0 aliphatic carbocycles. The Morgan fingerprint density at radius 3 is 2.54 bits per heavy atom. The number of rotatable bonds is 5. The molecule has 3 nitrogen and oxygen atoms in total. The first kappa shape index (κ1) is 16.7. The molecule has 1 unspecified atom stereocenters. The van der Waals surface area contributed by atoms with Gasteiger partial charge in [-0.25, -0.2) is 0 Å². The second kappa shape index (κ2) is 6.85. The first-order valence-electron chi connectivity index (χ1n) is 8.95. The first-order chi connectivity index (χ1) is 12.7. The molecule has 0 saturated carbocycles. The highest BCUT2D eigenvalue weighted by atomic mass is 16.5. The molecule has 0 bridgehead atoms. The van der Waals surface area contributed by atoms with Crippen LogP contribution in [0.3, 0.4) is 0 Å². The summed E-state index contributed by atoms with van der Waals surface area (Å²) >= 11 is 0. The molecule has 1 heterocycles. The zero-order valence-electron chi connectivity index (χ0n) is 15.5. The topological polar surface area (TPSA) is 28.3 Å². The van der Waals surface area contributed by atoms with E-state index in [4.69, 9.17) is 4.74 Å². The monoisotopic (exact) mass is 344 g/mol. The van der Waals surface area contributed by atoms with E-state index in [1.807, 2.05) is 6.07 Å². The van der Waals surface area contributed by atoms with Gasteiger partial charge in [-0.1, -0.05) is 36.4 Å². The molecule has 1 aromatic heterocycles. The van der Waals surface area contributed by atoms with E-state index in [0.29, 0.717) is 6.04 Å². The number of likely N-dealkylation sites (N-methyl/N-ethyl adjacent to an activating group) is 1. The van der Waals surface area contributed by atoms with Gasteiger partial charge < -0.3 is 14.6 Å². The van der Waals surface area contributed by atoms with Gasteiger partial charge in [0.15, 0.2) is 0 Å². The Hall–Kier alpha value is -2.78. The van der Waals surface area contributed by atoms with Crippen LogP contribution in [0.25, 0.3) is 21.7 Å². The summed E-state index contributed by atoms with van der Waals surface area (Å²) in [5.41, 5.74) is 3.80. The van der Waals surface area contributed by atoms with Gasteiger partial charge in [0, 0.05) is 23.1 Å². The number of fused-ring (bicyclic) bond motifs is 2. The predicted octanol–water partition coefficient (Wildman–Crippen LogP) is 5.18. The van der Waals surface area contributed by atoms with Crippen molar-refractivity contribution in [1.29, 1.82) is 0 Å². The van der Waals surface area contributed by atoms with Crippen molar-refractivity contribution in [2.45, 2.75) is 12.5 Å². The lowest BCUT2D eigenvalue weighted by Crippen LogP contribution is -2.22. The van der Waals surface area contributed by atoms with Crippen LogP contribution in [-0.2, 0) is 6.42 Å². The van der Waals surface area contributed by atoms with E-state index in [1.165, 1.54) is 27.3 Å². The summed E-state index contributed by atoms with van der Waals surface area (Å²) in [5.74, 6) is 0.894. The fourth-order valence-corrected chi connectivity index (χ4v) is 3.68. The summed E-state index contributed by atoms with van der Waals surface area (Å²) < 4.78 is 5.41. The number of nitrogens with zero attached hydrogens (tertiary/aromatic N) is 1. The molecule has 1 N–H and O–H groups in total. The number of hydrogen-bond acceptors (Lipinski definition) is 2. The Bertz CT molecular complexity index is 1050. The van der Waals surface area contributed by atoms with E-state index >= 15 is 0 Å². The lowest BCUT2D eigenvalue weighted by molar-refractivity contribution is 0.298. The number of methoxy groups -OCH3 is 1. The maximum Gasteiger partial charge on any atom is 0.119 e. The minimum absolute atomic E-state index is 0.310. The predicted molar refractivity (Wildman–Crippen MR) is 109 cm³/mol. The molecular weight excluding hydrogens is 320 g/mol. The SMILES string of the molecule is COc1ccc2[nH]cc(CC(c3ccc4ccccc4c3)N(C)C)c2c1. The Kier molecular flexibility index (Phi) is 4.39. The molecule has 0 aliphatic heterocycles. The summed E-state index contributed by atoms with van der Waals surface area (Å²) in [6, 6.07) is 21.8. The van der Waals surface area contributed by atoms with Crippen LogP contribution in [0.1, 0.15) is 17.2 Å². The number of hydrogen-bond donors (Lipinski definition) is 1. The van der Waals surface area contributed by atoms with E-state index in [0.717, 1.165) is 17.7 Å². The molecule has 0 saturated heterocycles. The highest BCUT2D eigenvalue weighted by Crippen LogP contribution is 2.30. The van der Waals surface area contributed by atoms with Gasteiger partial charge in [0.25, 0.3) is 0 Å². The molecule has 3 heteroatoms. The van der Waals surface area contributed by atoms with Gasteiger partial charge in [-0.05, 0) is 66.7 Å². The van der Waals surface area contributed by atoms with Gasteiger partial charge in [0.1, 0.15) is 5.75 Å². The zero-order chi connectivity index (χ0) is 18.1. The normalized spacial score (nSPS) is 12.8. The van der Waals surface area contributed by atoms with Crippen LogP contribution >= 0.6 is 0 Å². The zero-order valence-corrected chi connectivity index (χ0v) is 15.5. The highest BCUT2D eigenvalue weighted by molar-refractivity contribution is 5.85. The smallest absolute Gasteiger partial charge is 0.119 e. The lowest BCUT2D eigenvalue weighted by Gasteiger charge is -2.25. The average molecular weight is 344 g/mol. The molecule has 132 valence electrons. The molecule has 0 spiro atoms. The molecule has 0 fully saturated rings. The second-order valence-corrected chi connectivity index (χ2v) is 7.02. The van der Waals surface area contributed by atoms with Crippen molar-refractivity contribution in [2.24, 2.45) is 0 Å². The third-order valence-corrected chi connectivity index (χ3v) is 5.17. The third kappa shape index (κ3) is 3.06. The lowest BCUT2D eigenvalue weighted by atomic mass is 9.95. The van der Waals surface area contributed by atoms with Crippen LogP contribution in [0, 0.1) is 0 Å². The summed E-state index contributed by atoms with van der Waals surface area (Å²) in [5, 5.41) is 3.81. The number of aromatic nitrogens is 1. The summed E-state index contributed by atoms with van der Waals surface area (Å²) in [6.07, 6.45) is 3.07. The fourth-order valence-electron chi connectivity index (χ4n) is 3.68. The number of nitrogens with one attached hydrogen (secondary N) is 1. The van der Waals surface area contributed by atoms with Crippen molar-refractivity contribution in [3.05, 3.63) is 78.0 Å². The molecule has 0 radical (unpaired) electrons. The molecule has 26 heavy (non-hydrogen) atoms. The number of aromatic amines is 1. The van der Waals surface area contributed by atoms with Crippen LogP contribution < -0.4 is 4.74 Å². The van der Waals surface area contributed by atoms with Gasteiger partial charge in [-0.15, -0.1) is 0 Å². The second-order valence-electron chi connectivity index (χ2n) is 7.02. The Morgan fingerprint density at radius 2 is 1.77 bits per heavy atom. The molecule has 0 aliphatic rings. The van der Waals surface area contributed by atoms with Crippen molar-refractivity contribution in [3.8, 4) is 5.75 Å². The molecule has 0 amide bonds. The van der Waals surface area contributed by atoms with Crippen molar-refractivity contribution >= 4 is 21.7 Å². The first-order valence-corrected chi connectivity index (χ1v) is 8.95. The van der Waals surface area contributed by atoms with E-state index in [1.54, 1.807) is 7.11 Å². The van der Waals surface area contributed by atoms with Gasteiger partial charge in [-0.3, -0.25) is 0 Å². The Balaban J connectivity index is 1.73. The standard InChI is InChI=1S/C23H24N2O/c1-25(2)23(18-9-8-16-6-4-5-7-17(16)12-18)13-19-15-24-22-11-10-20(26-3)14-21(19)22/h4-12,14-15,23-24H,13H2,1-3H3. The largest absolute Gasteiger partial charge is 0.497 e. The molecule has 3 aromatic carbocycles. The van der Waals surface area contributed by atoms with Crippen LogP contribution in [0.5, 0.6) is 5.75 Å². The number of ether oxygens (including phenoxy) is 1. The van der Waals surface area contributed by atoms with E-state index < -0.39 is 0 Å². The quantitative estimate of drug-likeness (QED) is 0.541. The molecule has 1 atom stereocenters. The maximum atomic E-state index is 5.41. The van der Waals surface area contributed by atoms with Gasteiger partial charge >= 0.3 is 0 Å². The minimum atomic E-state index is 0.310. The maximum absolute atomic E-state index is 5.41. The van der Waals surface area contributed by atoms with Gasteiger partial charge in [0.2, 0.25) is 0 Å². The van der Waals surface area contributed by atoms with E-state index in [2.05, 4.69) is 84.8 Å². The van der Waals surface area contributed by atoms with E-state index in [9.17, 15) is 0 Å². The number of H-pyrrole nitrogens is 1.